The zero-order valence-corrected chi connectivity index (χ0v) is 16.0. The number of rotatable bonds is 5. The van der Waals surface area contributed by atoms with Gasteiger partial charge in [-0.3, -0.25) is 0 Å². The Balaban J connectivity index is 1.47. The fraction of sp³-hybridized carbons (Fsp3) is 0.0556. The van der Waals surface area contributed by atoms with Gasteiger partial charge in [0, 0.05) is 16.2 Å². The molecule has 0 amide bonds. The number of hydrogen-bond donors (Lipinski definition) is 0. The maximum absolute atomic E-state index is 13.0. The Kier molecular flexibility index (Phi) is 4.91. The molecule has 0 bridgehead atoms. The van der Waals surface area contributed by atoms with Crippen LogP contribution in [0.1, 0.15) is 0 Å². The van der Waals surface area contributed by atoms with E-state index in [-0.39, 0.29) is 18.4 Å². The minimum absolute atomic E-state index is 0.167. The first-order valence-corrected chi connectivity index (χ1v) is 8.97. The van der Waals surface area contributed by atoms with Crippen molar-refractivity contribution in [2.45, 2.75) is 6.73 Å². The standard InChI is InChI=1S/C18H11BrClFN4O2/c19-12-3-6-16(14(20)9-12)26-10-25-8-7-15(23-25)18-22-17(24-27-18)11-1-4-13(21)5-2-11/h1-9H,10H2. The van der Waals surface area contributed by atoms with Crippen LogP contribution in [-0.2, 0) is 6.73 Å². The molecule has 6 nitrogen and oxygen atoms in total. The summed E-state index contributed by atoms with van der Waals surface area (Å²) in [6, 6.07) is 12.9. The molecule has 0 aliphatic heterocycles. The van der Waals surface area contributed by atoms with Crippen LogP contribution in [0.15, 0.2) is 63.7 Å². The molecule has 0 atom stereocenters. The SMILES string of the molecule is Fc1ccc(-c2noc(-c3ccn(COc4ccc(Br)cc4Cl)n3)n2)cc1. The molecule has 4 rings (SSSR count). The fourth-order valence-electron chi connectivity index (χ4n) is 2.32. The number of hydrogen-bond acceptors (Lipinski definition) is 5. The van der Waals surface area contributed by atoms with Gasteiger partial charge in [0.1, 0.15) is 11.6 Å². The summed E-state index contributed by atoms with van der Waals surface area (Å²) in [5.74, 6) is 0.840. The lowest BCUT2D eigenvalue weighted by atomic mass is 10.2. The topological polar surface area (TPSA) is 66.0 Å². The van der Waals surface area contributed by atoms with Crippen molar-refractivity contribution in [3.63, 3.8) is 0 Å². The first kappa shape index (κ1) is 17.7. The highest BCUT2D eigenvalue weighted by molar-refractivity contribution is 9.10. The molecule has 0 aliphatic rings. The average Bonchev–Trinajstić information content (AvgIpc) is 3.31. The van der Waals surface area contributed by atoms with Gasteiger partial charge in [0.05, 0.1) is 5.02 Å². The molecule has 4 aromatic rings. The summed E-state index contributed by atoms with van der Waals surface area (Å²) in [6.07, 6.45) is 1.73. The van der Waals surface area contributed by atoms with E-state index in [4.69, 9.17) is 20.9 Å². The second kappa shape index (κ2) is 7.50. The van der Waals surface area contributed by atoms with Crippen molar-refractivity contribution in [3.8, 4) is 28.7 Å². The maximum Gasteiger partial charge on any atom is 0.278 e. The van der Waals surface area contributed by atoms with Crippen LogP contribution >= 0.6 is 27.5 Å². The molecule has 2 heterocycles. The van der Waals surface area contributed by atoms with Crippen molar-refractivity contribution in [2.24, 2.45) is 0 Å². The zero-order valence-electron chi connectivity index (χ0n) is 13.6. The lowest BCUT2D eigenvalue weighted by Crippen LogP contribution is -2.06. The Morgan fingerprint density at radius 3 is 2.74 bits per heavy atom. The summed E-state index contributed by atoms with van der Waals surface area (Å²) in [4.78, 5) is 4.29. The lowest BCUT2D eigenvalue weighted by Gasteiger charge is -2.08. The molecule has 0 unspecified atom stereocenters. The predicted molar refractivity (Wildman–Crippen MR) is 101 cm³/mol. The summed E-state index contributed by atoms with van der Waals surface area (Å²) in [7, 11) is 0. The molecule has 0 fully saturated rings. The molecular weight excluding hydrogens is 439 g/mol. The Bertz CT molecular complexity index is 1080. The first-order chi connectivity index (χ1) is 13.1. The monoisotopic (exact) mass is 448 g/mol. The Hall–Kier alpha value is -2.71. The van der Waals surface area contributed by atoms with Gasteiger partial charge in [0.25, 0.3) is 5.89 Å². The summed E-state index contributed by atoms with van der Waals surface area (Å²) >= 11 is 9.47. The molecule has 0 spiro atoms. The van der Waals surface area contributed by atoms with Crippen molar-refractivity contribution < 1.29 is 13.7 Å². The van der Waals surface area contributed by atoms with Gasteiger partial charge in [-0.25, -0.2) is 9.07 Å². The fourth-order valence-corrected chi connectivity index (χ4v) is 3.05. The summed E-state index contributed by atoms with van der Waals surface area (Å²) in [5.41, 5.74) is 1.15. The van der Waals surface area contributed by atoms with Crippen molar-refractivity contribution in [1.29, 1.82) is 0 Å². The van der Waals surface area contributed by atoms with Gasteiger partial charge in [-0.1, -0.05) is 32.7 Å². The lowest BCUT2D eigenvalue weighted by molar-refractivity contribution is 0.221. The number of halogens is 3. The molecule has 0 saturated heterocycles. The normalized spacial score (nSPS) is 10.9. The van der Waals surface area contributed by atoms with Gasteiger partial charge < -0.3 is 9.26 Å². The number of benzene rings is 2. The molecule has 0 saturated carbocycles. The minimum Gasteiger partial charge on any atom is -0.470 e. The van der Waals surface area contributed by atoms with Crippen molar-refractivity contribution in [3.05, 3.63) is 70.0 Å². The average molecular weight is 450 g/mol. The summed E-state index contributed by atoms with van der Waals surface area (Å²) < 4.78 is 26.4. The molecular formula is C18H11BrClFN4O2. The predicted octanol–water partition coefficient (Wildman–Crippen LogP) is 5.19. The van der Waals surface area contributed by atoms with Crippen molar-refractivity contribution in [1.82, 2.24) is 19.9 Å². The quantitative estimate of drug-likeness (QED) is 0.419. The van der Waals surface area contributed by atoms with Crippen LogP contribution in [0, 0.1) is 5.82 Å². The molecule has 0 radical (unpaired) electrons. The molecule has 27 heavy (non-hydrogen) atoms. The molecule has 0 N–H and O–H groups in total. The second-order valence-corrected chi connectivity index (χ2v) is 6.84. The second-order valence-electron chi connectivity index (χ2n) is 5.52. The number of ether oxygens (including phenoxy) is 1. The van der Waals surface area contributed by atoms with Crippen LogP contribution in [0.2, 0.25) is 5.02 Å². The summed E-state index contributed by atoms with van der Waals surface area (Å²) in [6.45, 7) is 0.167. The van der Waals surface area contributed by atoms with Crippen LogP contribution in [0.5, 0.6) is 5.75 Å². The van der Waals surface area contributed by atoms with Crippen LogP contribution in [0.4, 0.5) is 4.39 Å². The smallest absolute Gasteiger partial charge is 0.278 e. The molecule has 0 aliphatic carbocycles. The van der Waals surface area contributed by atoms with Crippen LogP contribution in [0.25, 0.3) is 23.0 Å². The minimum atomic E-state index is -0.327. The molecule has 9 heteroatoms. The van der Waals surface area contributed by atoms with Gasteiger partial charge in [0.2, 0.25) is 5.82 Å². The van der Waals surface area contributed by atoms with Crippen LogP contribution in [-0.4, -0.2) is 19.9 Å². The first-order valence-electron chi connectivity index (χ1n) is 7.80. The van der Waals surface area contributed by atoms with Crippen LogP contribution < -0.4 is 4.74 Å². The highest BCUT2D eigenvalue weighted by Gasteiger charge is 2.13. The van der Waals surface area contributed by atoms with Gasteiger partial charge >= 0.3 is 0 Å². The van der Waals surface area contributed by atoms with E-state index in [0.29, 0.717) is 27.9 Å². The third kappa shape index (κ3) is 4.01. The zero-order chi connectivity index (χ0) is 18.8. The Labute approximate surface area is 166 Å². The van der Waals surface area contributed by atoms with Gasteiger partial charge in [0.15, 0.2) is 12.4 Å². The van der Waals surface area contributed by atoms with Gasteiger partial charge in [-0.05, 0) is 48.5 Å². The van der Waals surface area contributed by atoms with E-state index in [1.165, 1.54) is 12.1 Å². The Morgan fingerprint density at radius 1 is 1.15 bits per heavy atom. The molecule has 2 aromatic carbocycles. The van der Waals surface area contributed by atoms with E-state index in [1.807, 2.05) is 6.07 Å². The maximum atomic E-state index is 13.0. The third-order valence-corrected chi connectivity index (χ3v) is 4.42. The third-order valence-electron chi connectivity index (χ3n) is 3.63. The van der Waals surface area contributed by atoms with E-state index in [9.17, 15) is 4.39 Å². The molecule has 2 aromatic heterocycles. The van der Waals surface area contributed by atoms with Crippen molar-refractivity contribution >= 4 is 27.5 Å². The van der Waals surface area contributed by atoms with E-state index in [0.717, 1.165) is 4.47 Å². The van der Waals surface area contributed by atoms with E-state index in [2.05, 4.69) is 31.2 Å². The number of aromatic nitrogens is 4. The summed E-state index contributed by atoms with van der Waals surface area (Å²) in [5, 5.41) is 8.75. The van der Waals surface area contributed by atoms with Crippen molar-refractivity contribution in [2.75, 3.05) is 0 Å². The van der Waals surface area contributed by atoms with Crippen LogP contribution in [0.3, 0.4) is 0 Å². The van der Waals surface area contributed by atoms with E-state index in [1.54, 1.807) is 41.2 Å². The van der Waals surface area contributed by atoms with E-state index >= 15 is 0 Å². The highest BCUT2D eigenvalue weighted by atomic mass is 79.9. The van der Waals surface area contributed by atoms with Gasteiger partial charge in [-0.2, -0.15) is 10.1 Å². The highest BCUT2D eigenvalue weighted by Crippen LogP contribution is 2.28. The molecule has 136 valence electrons. The number of nitrogens with zero attached hydrogens (tertiary/aromatic N) is 4. The Morgan fingerprint density at radius 2 is 1.96 bits per heavy atom. The largest absolute Gasteiger partial charge is 0.470 e. The van der Waals surface area contributed by atoms with Gasteiger partial charge in [-0.15, -0.1) is 0 Å². The van der Waals surface area contributed by atoms with E-state index < -0.39 is 0 Å².